The maximum Gasteiger partial charge on any atom is 0.151 e. The van der Waals surface area contributed by atoms with Gasteiger partial charge in [0.05, 0.1) is 40.1 Å². The second kappa shape index (κ2) is 9.68. The predicted molar refractivity (Wildman–Crippen MR) is 89.0 cm³/mol. The molecule has 4 N–H and O–H groups in total. The summed E-state index contributed by atoms with van der Waals surface area (Å²) >= 11 is 0. The molecule has 2 rings (SSSR count). The van der Waals surface area contributed by atoms with Gasteiger partial charge in [-0.2, -0.15) is 0 Å². The molecule has 7 nitrogen and oxygen atoms in total. The van der Waals surface area contributed by atoms with E-state index in [1.807, 2.05) is 12.1 Å². The zero-order valence-electron chi connectivity index (χ0n) is 14.8. The number of quaternary nitrogens is 2. The quantitative estimate of drug-likeness (QED) is 0.486. The molecule has 1 heterocycles. The molecule has 0 radical (unpaired) electrons. The summed E-state index contributed by atoms with van der Waals surface area (Å²) in [7, 11) is 4.88. The van der Waals surface area contributed by atoms with Crippen molar-refractivity contribution in [3.05, 3.63) is 17.7 Å². The van der Waals surface area contributed by atoms with Crippen molar-refractivity contribution in [1.82, 2.24) is 0 Å². The summed E-state index contributed by atoms with van der Waals surface area (Å²) in [6, 6.07) is 3.69. The lowest BCUT2D eigenvalue weighted by Crippen LogP contribution is -3.15. The van der Waals surface area contributed by atoms with Crippen molar-refractivity contribution in [3.63, 3.8) is 0 Å². The Morgan fingerprint density at radius 2 is 1.75 bits per heavy atom. The van der Waals surface area contributed by atoms with Crippen molar-refractivity contribution in [1.29, 1.82) is 0 Å². The van der Waals surface area contributed by atoms with Gasteiger partial charge in [0.15, 0.2) is 6.10 Å². The third kappa shape index (κ3) is 5.24. The zero-order chi connectivity index (χ0) is 17.4. The van der Waals surface area contributed by atoms with E-state index in [0.29, 0.717) is 18.8 Å². The first-order valence-corrected chi connectivity index (χ1v) is 8.37. The average molecular weight is 342 g/mol. The van der Waals surface area contributed by atoms with Crippen LogP contribution < -0.4 is 24.4 Å². The maximum absolute atomic E-state index is 10.2. The minimum Gasteiger partial charge on any atom is -0.496 e. The summed E-state index contributed by atoms with van der Waals surface area (Å²) in [6.07, 6.45) is -0.340. The van der Waals surface area contributed by atoms with E-state index in [1.54, 1.807) is 21.3 Å². The van der Waals surface area contributed by atoms with Crippen molar-refractivity contribution in [2.75, 3.05) is 60.7 Å². The van der Waals surface area contributed by atoms with Crippen LogP contribution >= 0.6 is 0 Å². The predicted octanol–water partition coefficient (Wildman–Crippen LogP) is -1.95. The molecule has 24 heavy (non-hydrogen) atoms. The van der Waals surface area contributed by atoms with E-state index in [0.717, 1.165) is 49.9 Å². The Labute approximate surface area is 143 Å². The number of aliphatic hydroxyl groups excluding tert-OH is 1. The highest BCUT2D eigenvalue weighted by atomic mass is 16.5. The molecule has 1 saturated heterocycles. The summed E-state index contributed by atoms with van der Waals surface area (Å²) in [5, 5.41) is 12.3. The number of aliphatic hydroxyl groups is 1. The number of methoxy groups -OCH3 is 3. The van der Waals surface area contributed by atoms with E-state index >= 15 is 0 Å². The number of morpholine rings is 1. The Kier molecular flexibility index (Phi) is 7.58. The standard InChI is InChI=1S/C17H28N2O5/c1-21-14-8-16(22-2)15(17(9-14)23-3)11-18-10-13(20)12-19-4-6-24-7-5-19/h8-9,13,18,20H,4-7,10-12H2,1-3H3/p+2/t13-/m1/s1. The minimum atomic E-state index is -0.340. The summed E-state index contributed by atoms with van der Waals surface area (Å²) in [6.45, 7) is 5.58. The second-order valence-electron chi connectivity index (χ2n) is 5.96. The maximum atomic E-state index is 10.2. The monoisotopic (exact) mass is 342 g/mol. The molecule has 1 aromatic rings. The van der Waals surface area contributed by atoms with Gasteiger partial charge in [0.25, 0.3) is 0 Å². The third-order valence-corrected chi connectivity index (χ3v) is 4.33. The number of nitrogens with one attached hydrogen (secondary N) is 1. The van der Waals surface area contributed by atoms with Crippen LogP contribution in [0.15, 0.2) is 12.1 Å². The lowest BCUT2D eigenvalue weighted by molar-refractivity contribution is -0.912. The van der Waals surface area contributed by atoms with Crippen LogP contribution in [0.2, 0.25) is 0 Å². The molecular weight excluding hydrogens is 312 g/mol. The second-order valence-corrected chi connectivity index (χ2v) is 5.96. The molecule has 0 bridgehead atoms. The summed E-state index contributed by atoms with van der Waals surface area (Å²) in [4.78, 5) is 1.40. The van der Waals surface area contributed by atoms with Crippen LogP contribution in [0.1, 0.15) is 5.56 Å². The van der Waals surface area contributed by atoms with Gasteiger partial charge in [0.2, 0.25) is 0 Å². The summed E-state index contributed by atoms with van der Waals surface area (Å²) < 4.78 is 21.5. The topological polar surface area (TPSA) is 78.2 Å². The molecule has 0 aliphatic carbocycles. The average Bonchev–Trinajstić information content (AvgIpc) is 2.62. The van der Waals surface area contributed by atoms with Crippen LogP contribution in [0.3, 0.4) is 0 Å². The van der Waals surface area contributed by atoms with E-state index in [4.69, 9.17) is 18.9 Å². The smallest absolute Gasteiger partial charge is 0.151 e. The molecule has 7 heteroatoms. The van der Waals surface area contributed by atoms with E-state index < -0.39 is 0 Å². The van der Waals surface area contributed by atoms with Crippen molar-refractivity contribution < 1.29 is 34.3 Å². The fraction of sp³-hybridized carbons (Fsp3) is 0.647. The van der Waals surface area contributed by atoms with Gasteiger partial charge in [-0.1, -0.05) is 0 Å². The Hall–Kier alpha value is -1.54. The lowest BCUT2D eigenvalue weighted by Gasteiger charge is -2.25. The highest BCUT2D eigenvalue weighted by Crippen LogP contribution is 2.33. The van der Waals surface area contributed by atoms with Gasteiger partial charge < -0.3 is 34.3 Å². The number of benzene rings is 1. The Morgan fingerprint density at radius 3 is 2.29 bits per heavy atom. The zero-order valence-corrected chi connectivity index (χ0v) is 14.8. The number of rotatable bonds is 9. The molecule has 0 spiro atoms. The van der Waals surface area contributed by atoms with Gasteiger partial charge in [-0.25, -0.2) is 0 Å². The van der Waals surface area contributed by atoms with Crippen molar-refractivity contribution in [2.45, 2.75) is 12.6 Å². The fourth-order valence-corrected chi connectivity index (χ4v) is 2.98. The third-order valence-electron chi connectivity index (χ3n) is 4.33. The summed E-state index contributed by atoms with van der Waals surface area (Å²) in [5.41, 5.74) is 0.965. The highest BCUT2D eigenvalue weighted by Gasteiger charge is 2.20. The lowest BCUT2D eigenvalue weighted by atomic mass is 10.1. The van der Waals surface area contributed by atoms with E-state index in [2.05, 4.69) is 5.32 Å². The molecule has 1 fully saturated rings. The van der Waals surface area contributed by atoms with E-state index in [9.17, 15) is 5.11 Å². The molecule has 1 atom stereocenters. The molecular formula is C17H30N2O5+2. The Bertz CT molecular complexity index is 481. The molecule has 1 aliphatic rings. The van der Waals surface area contributed by atoms with Crippen molar-refractivity contribution in [2.24, 2.45) is 0 Å². The van der Waals surface area contributed by atoms with Gasteiger partial charge in [-0.15, -0.1) is 0 Å². The Morgan fingerprint density at radius 1 is 1.12 bits per heavy atom. The van der Waals surface area contributed by atoms with Crippen LogP contribution in [0, 0.1) is 0 Å². The number of nitrogens with two attached hydrogens (primary N) is 1. The van der Waals surface area contributed by atoms with Gasteiger partial charge in [-0.3, -0.25) is 0 Å². The molecule has 0 aromatic heterocycles. The van der Waals surface area contributed by atoms with Gasteiger partial charge in [0.1, 0.15) is 50.0 Å². The van der Waals surface area contributed by atoms with Gasteiger partial charge in [-0.05, 0) is 0 Å². The van der Waals surface area contributed by atoms with Crippen molar-refractivity contribution in [3.8, 4) is 17.2 Å². The molecule has 1 aromatic carbocycles. The first kappa shape index (κ1) is 18.8. The number of hydrogen-bond donors (Lipinski definition) is 3. The normalized spacial score (nSPS) is 16.7. The van der Waals surface area contributed by atoms with E-state index in [-0.39, 0.29) is 6.10 Å². The SMILES string of the molecule is COc1cc(OC)c(C[NH2+]C[C@@H](O)C[NH+]2CCOCC2)c(OC)c1. The van der Waals surface area contributed by atoms with Crippen LogP contribution in [-0.2, 0) is 11.3 Å². The highest BCUT2D eigenvalue weighted by molar-refractivity contribution is 5.50. The minimum absolute atomic E-state index is 0.340. The molecule has 0 saturated carbocycles. The largest absolute Gasteiger partial charge is 0.496 e. The summed E-state index contributed by atoms with van der Waals surface area (Å²) in [5.74, 6) is 2.16. The van der Waals surface area contributed by atoms with Crippen molar-refractivity contribution >= 4 is 0 Å². The first-order chi connectivity index (χ1) is 11.7. The van der Waals surface area contributed by atoms with Gasteiger partial charge in [0, 0.05) is 12.1 Å². The molecule has 1 aliphatic heterocycles. The van der Waals surface area contributed by atoms with Crippen LogP contribution in [-0.4, -0.2) is 71.9 Å². The molecule has 0 unspecified atom stereocenters. The van der Waals surface area contributed by atoms with Crippen LogP contribution in [0.25, 0.3) is 0 Å². The molecule has 136 valence electrons. The Balaban J connectivity index is 1.88. The number of ether oxygens (including phenoxy) is 4. The fourth-order valence-electron chi connectivity index (χ4n) is 2.98. The van der Waals surface area contributed by atoms with Crippen LogP contribution in [0.5, 0.6) is 17.2 Å². The molecule has 0 amide bonds. The number of hydrogen-bond acceptors (Lipinski definition) is 5. The van der Waals surface area contributed by atoms with E-state index in [1.165, 1.54) is 4.90 Å². The first-order valence-electron chi connectivity index (χ1n) is 8.37. The van der Waals surface area contributed by atoms with Gasteiger partial charge >= 0.3 is 0 Å². The van der Waals surface area contributed by atoms with Crippen LogP contribution in [0.4, 0.5) is 0 Å².